The lowest BCUT2D eigenvalue weighted by Gasteiger charge is -2.25. The van der Waals surface area contributed by atoms with Crippen LogP contribution in [0.5, 0.6) is 5.75 Å². The molecule has 0 saturated heterocycles. The molecule has 0 spiro atoms. The maximum Gasteiger partial charge on any atom is 0.258 e. The van der Waals surface area contributed by atoms with Gasteiger partial charge in [-0.3, -0.25) is 4.79 Å². The van der Waals surface area contributed by atoms with Gasteiger partial charge in [0.15, 0.2) is 6.61 Å². The molecule has 0 aromatic heterocycles. The van der Waals surface area contributed by atoms with Crippen LogP contribution in [0.2, 0.25) is 0 Å². The first kappa shape index (κ1) is 16.5. The quantitative estimate of drug-likeness (QED) is 0.806. The second kappa shape index (κ2) is 7.29. The lowest BCUT2D eigenvalue weighted by Crippen LogP contribution is -2.46. The molecule has 0 aliphatic rings. The van der Waals surface area contributed by atoms with Gasteiger partial charge in [-0.1, -0.05) is 26.0 Å². The fraction of sp³-hybridized carbons (Fsp3) is 0.562. The standard InChI is InChI=1S/C16H25NO3/c1-12(2)13-5-7-14(8-6-13)20-11-15(19)17-16(3,4)9-10-18/h5-8,12,18H,9-11H2,1-4H3,(H,17,19). The van der Waals surface area contributed by atoms with Gasteiger partial charge in [0.2, 0.25) is 0 Å². The summed E-state index contributed by atoms with van der Waals surface area (Å²) in [7, 11) is 0. The highest BCUT2D eigenvalue weighted by atomic mass is 16.5. The summed E-state index contributed by atoms with van der Waals surface area (Å²) in [5.41, 5.74) is 0.822. The topological polar surface area (TPSA) is 58.6 Å². The third kappa shape index (κ3) is 5.61. The van der Waals surface area contributed by atoms with E-state index in [0.29, 0.717) is 18.1 Å². The molecule has 0 fully saturated rings. The summed E-state index contributed by atoms with van der Waals surface area (Å²) in [6, 6.07) is 7.77. The summed E-state index contributed by atoms with van der Waals surface area (Å²) >= 11 is 0. The normalized spacial score (nSPS) is 11.5. The number of nitrogens with one attached hydrogen (secondary N) is 1. The first-order chi connectivity index (χ1) is 9.34. The van der Waals surface area contributed by atoms with E-state index in [1.165, 1.54) is 5.56 Å². The smallest absolute Gasteiger partial charge is 0.258 e. The lowest BCUT2D eigenvalue weighted by atomic mass is 10.0. The van der Waals surface area contributed by atoms with Crippen LogP contribution >= 0.6 is 0 Å². The van der Waals surface area contributed by atoms with Gasteiger partial charge in [0, 0.05) is 12.1 Å². The summed E-state index contributed by atoms with van der Waals surface area (Å²) < 4.78 is 5.45. The molecule has 0 heterocycles. The molecule has 0 saturated carbocycles. The Morgan fingerprint density at radius 1 is 1.30 bits per heavy atom. The SMILES string of the molecule is CC(C)c1ccc(OCC(=O)NC(C)(C)CCO)cc1. The Kier molecular flexibility index (Phi) is 6.02. The molecule has 0 bridgehead atoms. The van der Waals surface area contributed by atoms with Crippen molar-refractivity contribution >= 4 is 5.91 Å². The van der Waals surface area contributed by atoms with Crippen LogP contribution in [0.4, 0.5) is 0 Å². The predicted octanol–water partition coefficient (Wildman–Crippen LogP) is 2.47. The Balaban J connectivity index is 2.45. The minimum atomic E-state index is -0.420. The predicted molar refractivity (Wildman–Crippen MR) is 80.0 cm³/mol. The first-order valence-electron chi connectivity index (χ1n) is 6.99. The molecule has 1 rings (SSSR count). The molecule has 4 heteroatoms. The van der Waals surface area contributed by atoms with E-state index in [4.69, 9.17) is 9.84 Å². The molecule has 2 N–H and O–H groups in total. The highest BCUT2D eigenvalue weighted by Crippen LogP contribution is 2.18. The second-order valence-electron chi connectivity index (χ2n) is 5.92. The third-order valence-corrected chi connectivity index (χ3v) is 3.13. The van der Waals surface area contributed by atoms with Crippen molar-refractivity contribution in [1.29, 1.82) is 0 Å². The van der Waals surface area contributed by atoms with E-state index in [0.717, 1.165) is 0 Å². The van der Waals surface area contributed by atoms with Crippen LogP contribution in [0.3, 0.4) is 0 Å². The molecule has 0 radical (unpaired) electrons. The number of hydrogen-bond donors (Lipinski definition) is 2. The second-order valence-corrected chi connectivity index (χ2v) is 5.92. The number of hydrogen-bond acceptors (Lipinski definition) is 3. The van der Waals surface area contributed by atoms with Gasteiger partial charge < -0.3 is 15.2 Å². The van der Waals surface area contributed by atoms with Crippen molar-refractivity contribution in [2.75, 3.05) is 13.2 Å². The molecular formula is C16H25NO3. The van der Waals surface area contributed by atoms with E-state index in [9.17, 15) is 4.79 Å². The van der Waals surface area contributed by atoms with Crippen molar-refractivity contribution in [1.82, 2.24) is 5.32 Å². The van der Waals surface area contributed by atoms with E-state index in [2.05, 4.69) is 19.2 Å². The number of carbonyl (C=O) groups excluding carboxylic acids is 1. The van der Waals surface area contributed by atoms with Gasteiger partial charge in [0.05, 0.1) is 0 Å². The molecule has 0 aliphatic carbocycles. The van der Waals surface area contributed by atoms with E-state index in [1.807, 2.05) is 38.1 Å². The zero-order valence-corrected chi connectivity index (χ0v) is 12.8. The van der Waals surface area contributed by atoms with Crippen molar-refractivity contribution in [2.45, 2.75) is 45.6 Å². The summed E-state index contributed by atoms with van der Waals surface area (Å²) in [6.45, 7) is 8.04. The van der Waals surface area contributed by atoms with Gasteiger partial charge in [0.1, 0.15) is 5.75 Å². The van der Waals surface area contributed by atoms with Crippen LogP contribution in [0.1, 0.15) is 45.6 Å². The molecule has 1 aromatic carbocycles. The zero-order chi connectivity index (χ0) is 15.2. The van der Waals surface area contributed by atoms with E-state index in [-0.39, 0.29) is 19.1 Å². The summed E-state index contributed by atoms with van der Waals surface area (Å²) in [6.07, 6.45) is 0.516. The Labute approximate surface area is 121 Å². The summed E-state index contributed by atoms with van der Waals surface area (Å²) in [5.74, 6) is 0.979. The van der Waals surface area contributed by atoms with Gasteiger partial charge in [-0.05, 0) is 43.9 Å². The Morgan fingerprint density at radius 2 is 1.90 bits per heavy atom. The van der Waals surface area contributed by atoms with Gasteiger partial charge in [0.25, 0.3) is 5.91 Å². The first-order valence-corrected chi connectivity index (χ1v) is 6.99. The van der Waals surface area contributed by atoms with Crippen molar-refractivity contribution in [3.05, 3.63) is 29.8 Å². The molecule has 1 aromatic rings. The molecule has 0 aliphatic heterocycles. The Hall–Kier alpha value is -1.55. The Bertz CT molecular complexity index is 424. The number of benzene rings is 1. The van der Waals surface area contributed by atoms with Gasteiger partial charge in [-0.15, -0.1) is 0 Å². The third-order valence-electron chi connectivity index (χ3n) is 3.13. The summed E-state index contributed by atoms with van der Waals surface area (Å²) in [4.78, 5) is 11.8. The highest BCUT2D eigenvalue weighted by molar-refractivity contribution is 5.78. The van der Waals surface area contributed by atoms with Crippen LogP contribution in [-0.2, 0) is 4.79 Å². The van der Waals surface area contributed by atoms with Crippen LogP contribution in [0.15, 0.2) is 24.3 Å². The molecule has 4 nitrogen and oxygen atoms in total. The average molecular weight is 279 g/mol. The number of amides is 1. The molecule has 20 heavy (non-hydrogen) atoms. The Morgan fingerprint density at radius 3 is 2.40 bits per heavy atom. The van der Waals surface area contributed by atoms with Crippen LogP contribution in [0.25, 0.3) is 0 Å². The maximum absolute atomic E-state index is 11.8. The molecule has 0 unspecified atom stereocenters. The van der Waals surface area contributed by atoms with E-state index >= 15 is 0 Å². The fourth-order valence-corrected chi connectivity index (χ4v) is 1.85. The van der Waals surface area contributed by atoms with Crippen molar-refractivity contribution in [2.24, 2.45) is 0 Å². The molecule has 1 amide bonds. The van der Waals surface area contributed by atoms with E-state index < -0.39 is 5.54 Å². The maximum atomic E-state index is 11.8. The lowest BCUT2D eigenvalue weighted by molar-refractivity contribution is -0.124. The van der Waals surface area contributed by atoms with Crippen LogP contribution < -0.4 is 10.1 Å². The van der Waals surface area contributed by atoms with Crippen LogP contribution in [-0.4, -0.2) is 29.8 Å². The molecule has 112 valence electrons. The monoisotopic (exact) mass is 279 g/mol. The minimum absolute atomic E-state index is 0.0180. The number of aliphatic hydroxyl groups excluding tert-OH is 1. The van der Waals surface area contributed by atoms with Crippen molar-refractivity contribution in [3.63, 3.8) is 0 Å². The van der Waals surface area contributed by atoms with Crippen LogP contribution in [0, 0.1) is 0 Å². The van der Waals surface area contributed by atoms with Crippen molar-refractivity contribution in [3.8, 4) is 5.75 Å². The van der Waals surface area contributed by atoms with E-state index in [1.54, 1.807) is 0 Å². The fourth-order valence-electron chi connectivity index (χ4n) is 1.85. The number of ether oxygens (including phenoxy) is 1. The number of rotatable bonds is 7. The molecule has 0 atom stereocenters. The van der Waals surface area contributed by atoms with Crippen molar-refractivity contribution < 1.29 is 14.6 Å². The van der Waals surface area contributed by atoms with Gasteiger partial charge >= 0.3 is 0 Å². The average Bonchev–Trinajstić information content (AvgIpc) is 2.36. The largest absolute Gasteiger partial charge is 0.484 e. The number of aliphatic hydroxyl groups is 1. The van der Waals surface area contributed by atoms with Gasteiger partial charge in [-0.2, -0.15) is 0 Å². The van der Waals surface area contributed by atoms with Gasteiger partial charge in [-0.25, -0.2) is 0 Å². The number of carbonyl (C=O) groups is 1. The summed E-state index contributed by atoms with van der Waals surface area (Å²) in [5, 5.41) is 11.7. The molecular weight excluding hydrogens is 254 g/mol. The zero-order valence-electron chi connectivity index (χ0n) is 12.8. The minimum Gasteiger partial charge on any atom is -0.484 e. The highest BCUT2D eigenvalue weighted by Gasteiger charge is 2.19.